The molecule has 2 aromatic heterocycles. The lowest BCUT2D eigenvalue weighted by Crippen LogP contribution is -2.15. The number of sulfone groups is 1. The first kappa shape index (κ1) is 20.8. The van der Waals surface area contributed by atoms with Gasteiger partial charge >= 0.3 is 0 Å². The fourth-order valence-corrected chi connectivity index (χ4v) is 4.81. The minimum Gasteiger partial charge on any atom is -0.341 e. The van der Waals surface area contributed by atoms with E-state index in [1.54, 1.807) is 0 Å². The maximum absolute atomic E-state index is 12.9. The quantitative estimate of drug-likeness (QED) is 0.457. The van der Waals surface area contributed by atoms with Gasteiger partial charge in [0.1, 0.15) is 5.82 Å². The molecule has 0 amide bonds. The van der Waals surface area contributed by atoms with Crippen molar-refractivity contribution in [3.8, 4) is 5.69 Å². The van der Waals surface area contributed by atoms with Gasteiger partial charge in [-0.25, -0.2) is 13.4 Å². The van der Waals surface area contributed by atoms with Gasteiger partial charge in [-0.2, -0.15) is 0 Å². The zero-order valence-electron chi connectivity index (χ0n) is 17.2. The number of fused-ring (bicyclic) bond motifs is 1. The lowest BCUT2D eigenvalue weighted by molar-refractivity contribution is 0.589. The van der Waals surface area contributed by atoms with Crippen LogP contribution in [0, 0.1) is 0 Å². The third-order valence-corrected chi connectivity index (χ3v) is 6.70. The van der Waals surface area contributed by atoms with E-state index < -0.39 is 9.84 Å². The minimum atomic E-state index is -3.54. The highest BCUT2D eigenvalue weighted by molar-refractivity contribution is 7.91. The van der Waals surface area contributed by atoms with E-state index >= 15 is 0 Å². The predicted octanol–water partition coefficient (Wildman–Crippen LogP) is 4.70. The zero-order valence-corrected chi connectivity index (χ0v) is 18.0. The van der Waals surface area contributed by atoms with E-state index in [4.69, 9.17) is 0 Å². The summed E-state index contributed by atoms with van der Waals surface area (Å²) < 4.78 is 27.4. The molecule has 0 aliphatic rings. The first-order chi connectivity index (χ1) is 15.0. The molecule has 4 aromatic rings. The molecule has 0 fully saturated rings. The second kappa shape index (κ2) is 8.73. The Hall–Kier alpha value is -3.45. The molecule has 0 radical (unpaired) electrons. The number of anilines is 2. The number of nitrogens with zero attached hydrogens (tertiary/aromatic N) is 2. The zero-order chi connectivity index (χ0) is 21.8. The van der Waals surface area contributed by atoms with E-state index in [-0.39, 0.29) is 16.2 Å². The number of aromatic nitrogens is 2. The number of nitrogens with one attached hydrogen (secondary N) is 1. The second-order valence-corrected chi connectivity index (χ2v) is 9.32. The molecule has 1 N–H and O–H groups in total. The van der Waals surface area contributed by atoms with Crippen LogP contribution in [0.5, 0.6) is 0 Å². The van der Waals surface area contributed by atoms with Crippen molar-refractivity contribution in [2.24, 2.45) is 0 Å². The highest BCUT2D eigenvalue weighted by Crippen LogP contribution is 2.26. The first-order valence-corrected chi connectivity index (χ1v) is 11.8. The molecule has 0 saturated heterocycles. The SMILES string of the molecule is CCCCS(=O)(=O)c1cc2c(cn1)c(=O)cc(Nc1ccccc1)n2-c1ccccc1. The summed E-state index contributed by atoms with van der Waals surface area (Å²) in [6.07, 6.45) is 2.69. The molecular weight excluding hydrogens is 410 g/mol. The van der Waals surface area contributed by atoms with E-state index in [1.807, 2.05) is 72.2 Å². The molecule has 0 atom stereocenters. The van der Waals surface area contributed by atoms with E-state index in [2.05, 4.69) is 10.3 Å². The van der Waals surface area contributed by atoms with Crippen molar-refractivity contribution in [1.82, 2.24) is 9.55 Å². The van der Waals surface area contributed by atoms with E-state index in [0.29, 0.717) is 23.1 Å². The van der Waals surface area contributed by atoms with Crippen LogP contribution in [-0.2, 0) is 9.84 Å². The topological polar surface area (TPSA) is 81.1 Å². The number of para-hydroxylation sites is 2. The van der Waals surface area contributed by atoms with Crippen LogP contribution in [0.3, 0.4) is 0 Å². The van der Waals surface area contributed by atoms with E-state index in [0.717, 1.165) is 17.8 Å². The second-order valence-electron chi connectivity index (χ2n) is 7.27. The lowest BCUT2D eigenvalue weighted by Gasteiger charge is -2.18. The number of unbranched alkanes of at least 4 members (excludes halogenated alkanes) is 1. The number of pyridine rings is 2. The summed E-state index contributed by atoms with van der Waals surface area (Å²) in [5, 5.41) is 3.63. The molecule has 0 bridgehead atoms. The third kappa shape index (κ3) is 4.36. The summed E-state index contributed by atoms with van der Waals surface area (Å²) in [4.78, 5) is 17.0. The normalized spacial score (nSPS) is 11.5. The number of hydrogen-bond acceptors (Lipinski definition) is 5. The highest BCUT2D eigenvalue weighted by atomic mass is 32.2. The van der Waals surface area contributed by atoms with Crippen molar-refractivity contribution in [2.75, 3.05) is 11.1 Å². The summed E-state index contributed by atoms with van der Waals surface area (Å²) in [6.45, 7) is 1.94. The van der Waals surface area contributed by atoms with Gasteiger partial charge in [0, 0.05) is 29.7 Å². The van der Waals surface area contributed by atoms with Crippen LogP contribution in [0.2, 0.25) is 0 Å². The van der Waals surface area contributed by atoms with Gasteiger partial charge in [0.2, 0.25) is 0 Å². The Kier molecular flexibility index (Phi) is 5.86. The Morgan fingerprint density at radius 2 is 1.65 bits per heavy atom. The molecule has 0 spiro atoms. The lowest BCUT2D eigenvalue weighted by atomic mass is 10.2. The van der Waals surface area contributed by atoms with Crippen molar-refractivity contribution in [3.05, 3.63) is 89.2 Å². The average molecular weight is 434 g/mol. The van der Waals surface area contributed by atoms with Crippen molar-refractivity contribution in [2.45, 2.75) is 24.8 Å². The molecule has 2 aromatic carbocycles. The maximum Gasteiger partial charge on any atom is 0.195 e. The average Bonchev–Trinajstić information content (AvgIpc) is 2.79. The van der Waals surface area contributed by atoms with Gasteiger partial charge in [-0.05, 0) is 30.7 Å². The minimum absolute atomic E-state index is 0.0191. The molecule has 0 aliphatic carbocycles. The Labute approximate surface area is 181 Å². The van der Waals surface area contributed by atoms with Gasteiger partial charge in [-0.1, -0.05) is 49.7 Å². The largest absolute Gasteiger partial charge is 0.341 e. The fourth-order valence-electron chi connectivity index (χ4n) is 3.42. The van der Waals surface area contributed by atoms with Gasteiger partial charge in [-0.15, -0.1) is 0 Å². The summed E-state index contributed by atoms with van der Waals surface area (Å²) >= 11 is 0. The van der Waals surface area contributed by atoms with Crippen LogP contribution < -0.4 is 10.7 Å². The van der Waals surface area contributed by atoms with Crippen molar-refractivity contribution >= 4 is 32.2 Å². The molecule has 31 heavy (non-hydrogen) atoms. The standard InChI is InChI=1S/C24H23N3O3S/c1-2-3-14-31(29,30)24-15-21-20(17-25-24)22(28)16-23(26-18-10-6-4-7-11-18)27(21)19-12-8-5-9-13-19/h4-13,15-17,26H,2-3,14H2,1H3. The van der Waals surface area contributed by atoms with E-state index in [1.165, 1.54) is 18.3 Å². The number of benzene rings is 2. The number of rotatable bonds is 7. The molecule has 158 valence electrons. The van der Waals surface area contributed by atoms with Gasteiger partial charge < -0.3 is 5.32 Å². The molecular formula is C24H23N3O3S. The van der Waals surface area contributed by atoms with Crippen LogP contribution in [0.1, 0.15) is 19.8 Å². The van der Waals surface area contributed by atoms with Gasteiger partial charge in [0.15, 0.2) is 20.3 Å². The van der Waals surface area contributed by atoms with Crippen LogP contribution in [0.15, 0.2) is 88.8 Å². The van der Waals surface area contributed by atoms with Gasteiger partial charge in [-0.3, -0.25) is 9.36 Å². The van der Waals surface area contributed by atoms with Gasteiger partial charge in [0.05, 0.1) is 16.7 Å². The fraction of sp³-hybridized carbons (Fsp3) is 0.167. The summed E-state index contributed by atoms with van der Waals surface area (Å²) in [6, 6.07) is 22.0. The molecule has 4 rings (SSSR count). The smallest absolute Gasteiger partial charge is 0.195 e. The Balaban J connectivity index is 1.98. The number of hydrogen-bond donors (Lipinski definition) is 1. The van der Waals surface area contributed by atoms with Gasteiger partial charge in [0.25, 0.3) is 0 Å². The molecule has 7 heteroatoms. The van der Waals surface area contributed by atoms with Crippen LogP contribution in [0.4, 0.5) is 11.5 Å². The Morgan fingerprint density at radius 1 is 0.968 bits per heavy atom. The van der Waals surface area contributed by atoms with Crippen molar-refractivity contribution in [1.29, 1.82) is 0 Å². The Bertz CT molecular complexity index is 1370. The molecule has 0 unspecified atom stereocenters. The predicted molar refractivity (Wildman–Crippen MR) is 124 cm³/mol. The van der Waals surface area contributed by atoms with Crippen molar-refractivity contribution < 1.29 is 8.42 Å². The molecule has 2 heterocycles. The maximum atomic E-state index is 12.9. The first-order valence-electron chi connectivity index (χ1n) is 10.2. The van der Waals surface area contributed by atoms with E-state index in [9.17, 15) is 13.2 Å². The summed E-state index contributed by atoms with van der Waals surface area (Å²) in [7, 11) is -3.54. The highest BCUT2D eigenvalue weighted by Gasteiger charge is 2.19. The Morgan fingerprint density at radius 3 is 2.32 bits per heavy atom. The molecule has 0 aliphatic heterocycles. The molecule has 0 saturated carbocycles. The summed E-state index contributed by atoms with van der Waals surface area (Å²) in [5.74, 6) is 0.567. The molecule has 6 nitrogen and oxygen atoms in total. The van der Waals surface area contributed by atoms with Crippen LogP contribution in [-0.4, -0.2) is 23.7 Å². The monoisotopic (exact) mass is 433 g/mol. The third-order valence-electron chi connectivity index (χ3n) is 5.02. The summed E-state index contributed by atoms with van der Waals surface area (Å²) in [5.41, 5.74) is 1.87. The van der Waals surface area contributed by atoms with Crippen LogP contribution in [0.25, 0.3) is 16.6 Å². The van der Waals surface area contributed by atoms with Crippen molar-refractivity contribution in [3.63, 3.8) is 0 Å². The van der Waals surface area contributed by atoms with Crippen LogP contribution >= 0.6 is 0 Å².